The highest BCUT2D eigenvalue weighted by molar-refractivity contribution is 7.82. The molecule has 0 saturated heterocycles. The highest BCUT2D eigenvalue weighted by atomic mass is 32.2. The first-order valence-electron chi connectivity index (χ1n) is 6.94. The summed E-state index contributed by atoms with van der Waals surface area (Å²) >= 11 is 0. The fraction of sp³-hybridized carbons (Fsp3) is 0.600. The van der Waals surface area contributed by atoms with Crippen molar-refractivity contribution in [2.24, 2.45) is 11.1 Å². The van der Waals surface area contributed by atoms with Crippen molar-refractivity contribution in [3.63, 3.8) is 0 Å². The summed E-state index contributed by atoms with van der Waals surface area (Å²) in [5, 5.41) is 0. The number of nitrogens with two attached hydrogens (primary N) is 1. The minimum absolute atomic E-state index is 0.0624. The van der Waals surface area contributed by atoms with E-state index in [1.54, 1.807) is 7.11 Å². The van der Waals surface area contributed by atoms with Gasteiger partial charge in [-0.05, 0) is 42.6 Å². The lowest BCUT2D eigenvalue weighted by Gasteiger charge is -2.30. The van der Waals surface area contributed by atoms with E-state index in [2.05, 4.69) is 13.8 Å². The smallest absolute Gasteiger partial charge is 0.127 e. The summed E-state index contributed by atoms with van der Waals surface area (Å²) < 4.78 is 19.7. The average molecular weight is 298 g/mol. The standard InChI is InChI=1S/C15H26N2O2S/c1-5-17(12-15(2,3)10-11-16)20(18)14-8-6-13(19-4)7-9-14/h6-9H,5,10-12,16H2,1-4H3. The van der Waals surface area contributed by atoms with Crippen molar-refractivity contribution < 1.29 is 8.95 Å². The molecule has 1 rings (SSSR count). The maximum Gasteiger partial charge on any atom is 0.127 e. The zero-order valence-corrected chi connectivity index (χ0v) is 13.7. The molecule has 0 aliphatic rings. The second-order valence-electron chi connectivity index (χ2n) is 5.58. The van der Waals surface area contributed by atoms with Crippen LogP contribution in [0.2, 0.25) is 0 Å². The fourth-order valence-corrected chi connectivity index (χ4v) is 3.44. The Morgan fingerprint density at radius 1 is 1.30 bits per heavy atom. The molecule has 20 heavy (non-hydrogen) atoms. The topological polar surface area (TPSA) is 55.6 Å². The third-order valence-electron chi connectivity index (χ3n) is 3.27. The molecule has 0 heterocycles. The van der Waals surface area contributed by atoms with E-state index in [4.69, 9.17) is 10.5 Å². The molecule has 0 aliphatic carbocycles. The Morgan fingerprint density at radius 2 is 1.90 bits per heavy atom. The highest BCUT2D eigenvalue weighted by Crippen LogP contribution is 2.24. The first-order chi connectivity index (χ1) is 9.43. The maximum atomic E-state index is 12.6. The van der Waals surface area contributed by atoms with Crippen molar-refractivity contribution in [2.75, 3.05) is 26.7 Å². The minimum Gasteiger partial charge on any atom is -0.497 e. The minimum atomic E-state index is -1.14. The van der Waals surface area contributed by atoms with Gasteiger partial charge in [-0.1, -0.05) is 20.8 Å². The molecule has 1 aromatic carbocycles. The molecule has 0 amide bonds. The normalized spacial score (nSPS) is 13.5. The van der Waals surface area contributed by atoms with Crippen molar-refractivity contribution in [3.05, 3.63) is 24.3 Å². The van der Waals surface area contributed by atoms with E-state index < -0.39 is 11.0 Å². The molecule has 5 heteroatoms. The van der Waals surface area contributed by atoms with E-state index in [1.165, 1.54) is 0 Å². The summed E-state index contributed by atoms with van der Waals surface area (Å²) in [4.78, 5) is 0.802. The van der Waals surface area contributed by atoms with Crippen LogP contribution in [0.3, 0.4) is 0 Å². The molecule has 0 fully saturated rings. The zero-order valence-electron chi connectivity index (χ0n) is 12.9. The molecule has 0 aromatic heterocycles. The first-order valence-corrected chi connectivity index (χ1v) is 8.05. The molecule has 0 aliphatic heterocycles. The Hall–Kier alpha value is -0.910. The Labute approximate surface area is 124 Å². The molecule has 114 valence electrons. The Balaban J connectivity index is 2.80. The van der Waals surface area contributed by atoms with Crippen LogP contribution in [0.4, 0.5) is 0 Å². The Kier molecular flexibility index (Phi) is 6.65. The van der Waals surface area contributed by atoms with Crippen LogP contribution in [0.5, 0.6) is 5.75 Å². The van der Waals surface area contributed by atoms with Gasteiger partial charge in [0.15, 0.2) is 0 Å². The summed E-state index contributed by atoms with van der Waals surface area (Å²) in [5.74, 6) is 0.775. The number of rotatable bonds is 8. The number of nitrogens with zero attached hydrogens (tertiary/aromatic N) is 1. The van der Waals surface area contributed by atoms with E-state index >= 15 is 0 Å². The molecule has 1 aromatic rings. The van der Waals surface area contributed by atoms with Gasteiger partial charge in [0.25, 0.3) is 0 Å². The van der Waals surface area contributed by atoms with E-state index in [1.807, 2.05) is 35.5 Å². The molecule has 0 saturated carbocycles. The Bertz CT molecular complexity index is 432. The van der Waals surface area contributed by atoms with Gasteiger partial charge in [0.05, 0.1) is 12.0 Å². The molecule has 0 spiro atoms. The molecule has 4 nitrogen and oxygen atoms in total. The van der Waals surface area contributed by atoms with Gasteiger partial charge in [0.2, 0.25) is 0 Å². The molecular formula is C15H26N2O2S. The molecule has 1 atom stereocenters. The van der Waals surface area contributed by atoms with Crippen LogP contribution < -0.4 is 10.5 Å². The highest BCUT2D eigenvalue weighted by Gasteiger charge is 2.24. The number of benzene rings is 1. The quantitative estimate of drug-likeness (QED) is 0.802. The van der Waals surface area contributed by atoms with E-state index in [0.717, 1.165) is 30.2 Å². The summed E-state index contributed by atoms with van der Waals surface area (Å²) in [5.41, 5.74) is 5.71. The summed E-state index contributed by atoms with van der Waals surface area (Å²) in [7, 11) is 0.480. The molecule has 2 N–H and O–H groups in total. The predicted molar refractivity (Wildman–Crippen MR) is 84.1 cm³/mol. The van der Waals surface area contributed by atoms with Crippen molar-refractivity contribution in [1.29, 1.82) is 0 Å². The van der Waals surface area contributed by atoms with Crippen LogP contribution in [-0.4, -0.2) is 35.3 Å². The van der Waals surface area contributed by atoms with Crippen molar-refractivity contribution in [1.82, 2.24) is 4.31 Å². The number of hydrogen-bond donors (Lipinski definition) is 1. The monoisotopic (exact) mass is 298 g/mol. The maximum absolute atomic E-state index is 12.6. The lowest BCUT2D eigenvalue weighted by atomic mass is 9.89. The second-order valence-corrected chi connectivity index (χ2v) is 7.07. The van der Waals surface area contributed by atoms with Crippen LogP contribution in [0.25, 0.3) is 0 Å². The SMILES string of the molecule is CCN(CC(C)(C)CCN)S(=O)c1ccc(OC)cc1. The third kappa shape index (κ3) is 4.89. The third-order valence-corrected chi connectivity index (χ3v) is 4.81. The Morgan fingerprint density at radius 3 is 2.35 bits per heavy atom. The van der Waals surface area contributed by atoms with Gasteiger partial charge >= 0.3 is 0 Å². The van der Waals surface area contributed by atoms with Gasteiger partial charge in [-0.2, -0.15) is 0 Å². The van der Waals surface area contributed by atoms with Crippen LogP contribution in [0.1, 0.15) is 27.2 Å². The molecule has 1 unspecified atom stereocenters. The van der Waals surface area contributed by atoms with Crippen LogP contribution in [0.15, 0.2) is 29.2 Å². The van der Waals surface area contributed by atoms with Crippen molar-refractivity contribution in [2.45, 2.75) is 32.1 Å². The van der Waals surface area contributed by atoms with E-state index in [-0.39, 0.29) is 5.41 Å². The van der Waals surface area contributed by atoms with E-state index in [0.29, 0.717) is 6.54 Å². The molecule has 0 bridgehead atoms. The fourth-order valence-electron chi connectivity index (χ4n) is 2.08. The predicted octanol–water partition coefficient (Wildman–Crippen LogP) is 2.41. The molecular weight excluding hydrogens is 272 g/mol. The van der Waals surface area contributed by atoms with Gasteiger partial charge in [-0.3, -0.25) is 0 Å². The van der Waals surface area contributed by atoms with E-state index in [9.17, 15) is 4.21 Å². The molecule has 0 radical (unpaired) electrons. The first kappa shape index (κ1) is 17.1. The van der Waals surface area contributed by atoms with Gasteiger partial charge < -0.3 is 10.5 Å². The van der Waals surface area contributed by atoms with Crippen molar-refractivity contribution in [3.8, 4) is 5.75 Å². The number of ether oxygens (including phenoxy) is 1. The lowest BCUT2D eigenvalue weighted by Crippen LogP contribution is -2.36. The number of hydrogen-bond acceptors (Lipinski definition) is 3. The number of methoxy groups -OCH3 is 1. The zero-order chi connectivity index (χ0) is 15.2. The van der Waals surface area contributed by atoms with Gasteiger partial charge in [0, 0.05) is 13.1 Å². The van der Waals surface area contributed by atoms with Crippen molar-refractivity contribution >= 4 is 11.0 Å². The summed E-state index contributed by atoms with van der Waals surface area (Å²) in [6.45, 7) is 8.51. The van der Waals surface area contributed by atoms with Crippen LogP contribution in [0, 0.1) is 5.41 Å². The van der Waals surface area contributed by atoms with Gasteiger partial charge in [-0.15, -0.1) is 0 Å². The summed E-state index contributed by atoms with van der Waals surface area (Å²) in [6.07, 6.45) is 0.920. The lowest BCUT2D eigenvalue weighted by molar-refractivity contribution is 0.259. The van der Waals surface area contributed by atoms with Gasteiger partial charge in [0.1, 0.15) is 16.7 Å². The second kappa shape index (κ2) is 7.76. The van der Waals surface area contributed by atoms with Crippen LogP contribution >= 0.6 is 0 Å². The van der Waals surface area contributed by atoms with Crippen LogP contribution in [-0.2, 0) is 11.0 Å². The summed E-state index contributed by atoms with van der Waals surface area (Å²) in [6, 6.07) is 7.39. The largest absolute Gasteiger partial charge is 0.497 e. The average Bonchev–Trinajstić information content (AvgIpc) is 2.44. The van der Waals surface area contributed by atoms with Gasteiger partial charge in [-0.25, -0.2) is 8.51 Å².